The second-order valence-electron chi connectivity index (χ2n) is 14.0. The van der Waals surface area contributed by atoms with Crippen LogP contribution in [0.2, 0.25) is 0 Å². The Morgan fingerprint density at radius 1 is 0.582 bits per heavy atom. The fourth-order valence-corrected chi connectivity index (χ4v) is 5.88. The first kappa shape index (κ1) is 50.2. The largest absolute Gasteiger partial charge is 0.462 e. The molecule has 1 aliphatic heterocycles. The lowest BCUT2D eigenvalue weighted by Crippen LogP contribution is -2.59. The Kier molecular flexibility index (Phi) is 32.4. The summed E-state index contributed by atoms with van der Waals surface area (Å²) in [5, 5.41) is 40.3. The van der Waals surface area contributed by atoms with Crippen LogP contribution in [0.25, 0.3) is 0 Å². The molecular formula is C45H74O10. The van der Waals surface area contributed by atoms with Gasteiger partial charge in [0.1, 0.15) is 31.0 Å². The average Bonchev–Trinajstić information content (AvgIpc) is 3.18. The van der Waals surface area contributed by atoms with Crippen LogP contribution in [0.15, 0.2) is 72.9 Å². The van der Waals surface area contributed by atoms with Crippen LogP contribution in [0.5, 0.6) is 0 Å². The minimum atomic E-state index is -1.68. The van der Waals surface area contributed by atoms with Gasteiger partial charge in [0.2, 0.25) is 0 Å². The van der Waals surface area contributed by atoms with E-state index in [0.717, 1.165) is 103 Å². The lowest BCUT2D eigenvalue weighted by Gasteiger charge is -2.40. The van der Waals surface area contributed by atoms with Gasteiger partial charge in [-0.1, -0.05) is 125 Å². The zero-order valence-electron chi connectivity index (χ0n) is 33.9. The van der Waals surface area contributed by atoms with Crippen molar-refractivity contribution in [2.24, 2.45) is 0 Å². The molecule has 6 unspecified atom stereocenters. The number of allylic oxidation sites excluding steroid dienone is 12. The Bertz CT molecular complexity index is 1130. The van der Waals surface area contributed by atoms with Crippen LogP contribution in [0.1, 0.15) is 142 Å². The van der Waals surface area contributed by atoms with Crippen LogP contribution >= 0.6 is 0 Å². The molecule has 1 rings (SSSR count). The molecule has 0 amide bonds. The highest BCUT2D eigenvalue weighted by Gasteiger charge is 2.44. The molecule has 0 aromatic carbocycles. The summed E-state index contributed by atoms with van der Waals surface area (Å²) >= 11 is 0. The summed E-state index contributed by atoms with van der Waals surface area (Å²) < 4.78 is 21.8. The van der Waals surface area contributed by atoms with Crippen LogP contribution in [-0.2, 0) is 28.5 Å². The predicted molar refractivity (Wildman–Crippen MR) is 219 cm³/mol. The summed E-state index contributed by atoms with van der Waals surface area (Å²) in [6, 6.07) is 0. The first-order valence-electron chi connectivity index (χ1n) is 21.0. The Labute approximate surface area is 332 Å². The molecule has 10 heteroatoms. The van der Waals surface area contributed by atoms with Gasteiger partial charge in [-0.05, 0) is 77.0 Å². The van der Waals surface area contributed by atoms with E-state index < -0.39 is 55.4 Å². The summed E-state index contributed by atoms with van der Waals surface area (Å²) in [7, 11) is 0. The van der Waals surface area contributed by atoms with E-state index in [9.17, 15) is 30.0 Å². The Balaban J connectivity index is 2.40. The van der Waals surface area contributed by atoms with Crippen molar-refractivity contribution < 1.29 is 49.0 Å². The maximum absolute atomic E-state index is 12.8. The fourth-order valence-electron chi connectivity index (χ4n) is 5.88. The van der Waals surface area contributed by atoms with Crippen molar-refractivity contribution in [3.63, 3.8) is 0 Å². The third kappa shape index (κ3) is 27.4. The number of hydrogen-bond acceptors (Lipinski definition) is 10. The van der Waals surface area contributed by atoms with E-state index in [1.54, 1.807) is 0 Å². The smallest absolute Gasteiger partial charge is 0.306 e. The van der Waals surface area contributed by atoms with Crippen LogP contribution in [0.4, 0.5) is 0 Å². The van der Waals surface area contributed by atoms with Gasteiger partial charge in [0.05, 0.1) is 13.2 Å². The van der Waals surface area contributed by atoms with Crippen LogP contribution in [0.3, 0.4) is 0 Å². The maximum Gasteiger partial charge on any atom is 0.306 e. The second kappa shape index (κ2) is 35.5. The molecule has 1 heterocycles. The number of carbonyl (C=O) groups is 2. The number of aliphatic hydroxyl groups excluding tert-OH is 4. The van der Waals surface area contributed by atoms with Gasteiger partial charge in [-0.25, -0.2) is 0 Å². The van der Waals surface area contributed by atoms with Gasteiger partial charge >= 0.3 is 11.9 Å². The number of unbranched alkanes of at least 4 members (excludes halogenated alkanes) is 10. The Morgan fingerprint density at radius 3 is 1.55 bits per heavy atom. The predicted octanol–water partition coefficient (Wildman–Crippen LogP) is 8.44. The minimum absolute atomic E-state index is 0.196. The SMILES string of the molecule is CCC=CCC=CCC=CCCCCCCCC(=O)OCC(COC1C(O)C(O)OC(CO)C1O)OC(=O)CCCCCCCC=CCC=CCC=CCC. The number of carbonyl (C=O) groups excluding carboxylic acids is 2. The molecule has 0 bridgehead atoms. The number of hydrogen-bond donors (Lipinski definition) is 4. The molecule has 0 aromatic heterocycles. The monoisotopic (exact) mass is 775 g/mol. The van der Waals surface area contributed by atoms with E-state index in [2.05, 4.69) is 86.8 Å². The van der Waals surface area contributed by atoms with Gasteiger partial charge < -0.3 is 39.4 Å². The molecule has 0 aromatic rings. The van der Waals surface area contributed by atoms with Gasteiger partial charge in [0.15, 0.2) is 12.4 Å². The van der Waals surface area contributed by atoms with Crippen LogP contribution in [0, 0.1) is 0 Å². The quantitative estimate of drug-likeness (QED) is 0.0291. The summed E-state index contributed by atoms with van der Waals surface area (Å²) in [6.07, 6.45) is 36.2. The normalized spacial score (nSPS) is 21.3. The van der Waals surface area contributed by atoms with E-state index >= 15 is 0 Å². The van der Waals surface area contributed by atoms with Crippen molar-refractivity contribution in [3.8, 4) is 0 Å². The molecule has 1 saturated heterocycles. The molecule has 0 spiro atoms. The molecule has 314 valence electrons. The standard InChI is InChI=1S/C45H74O10/c1-3-5-7-9-11-13-15-17-19-21-23-25-27-29-31-33-40(47)52-36-38(37-53-44-42(49)39(35-46)55-45(51)43(44)50)54-41(48)34-32-30-28-26-24-22-20-18-16-14-12-10-8-6-4-2/h5-8,11-14,17-20,38-39,42-46,49-51H,3-4,9-10,15-16,21-37H2,1-2H3. The minimum Gasteiger partial charge on any atom is -0.462 e. The van der Waals surface area contributed by atoms with E-state index in [0.29, 0.717) is 12.8 Å². The number of aliphatic hydroxyl groups is 4. The molecule has 0 aliphatic carbocycles. The van der Waals surface area contributed by atoms with Gasteiger partial charge in [0, 0.05) is 12.8 Å². The van der Waals surface area contributed by atoms with Crippen LogP contribution in [-0.4, -0.2) is 89.0 Å². The highest BCUT2D eigenvalue weighted by Crippen LogP contribution is 2.23. The molecule has 6 atom stereocenters. The van der Waals surface area contributed by atoms with Crippen molar-refractivity contribution in [1.29, 1.82) is 0 Å². The van der Waals surface area contributed by atoms with Crippen molar-refractivity contribution in [3.05, 3.63) is 72.9 Å². The third-order valence-electron chi connectivity index (χ3n) is 9.11. The maximum atomic E-state index is 12.8. The zero-order chi connectivity index (χ0) is 40.2. The molecule has 4 N–H and O–H groups in total. The van der Waals surface area contributed by atoms with Gasteiger partial charge in [-0.3, -0.25) is 9.59 Å². The lowest BCUT2D eigenvalue weighted by atomic mass is 9.99. The van der Waals surface area contributed by atoms with Crippen molar-refractivity contribution in [1.82, 2.24) is 0 Å². The first-order valence-corrected chi connectivity index (χ1v) is 21.0. The van der Waals surface area contributed by atoms with Gasteiger partial charge in [-0.15, -0.1) is 0 Å². The number of rotatable bonds is 33. The molecule has 1 aliphatic rings. The highest BCUT2D eigenvalue weighted by atomic mass is 16.7. The summed E-state index contributed by atoms with van der Waals surface area (Å²) in [5.74, 6) is -0.867. The summed E-state index contributed by atoms with van der Waals surface area (Å²) in [6.45, 7) is 3.11. The Hall–Kier alpha value is -2.86. The molecule has 0 saturated carbocycles. The molecule has 10 nitrogen and oxygen atoms in total. The number of ether oxygens (including phenoxy) is 4. The summed E-state index contributed by atoms with van der Waals surface area (Å²) in [5.41, 5.74) is 0. The van der Waals surface area contributed by atoms with Crippen molar-refractivity contribution >= 4 is 11.9 Å². The molecule has 55 heavy (non-hydrogen) atoms. The molecule has 1 fully saturated rings. The fraction of sp³-hybridized carbons (Fsp3) is 0.689. The lowest BCUT2D eigenvalue weighted by molar-refractivity contribution is -0.296. The highest BCUT2D eigenvalue weighted by molar-refractivity contribution is 5.70. The zero-order valence-corrected chi connectivity index (χ0v) is 33.9. The topological polar surface area (TPSA) is 152 Å². The molecular weight excluding hydrogens is 700 g/mol. The second-order valence-corrected chi connectivity index (χ2v) is 14.0. The van der Waals surface area contributed by atoms with Crippen LogP contribution < -0.4 is 0 Å². The Morgan fingerprint density at radius 2 is 1.04 bits per heavy atom. The van der Waals surface area contributed by atoms with Crippen molar-refractivity contribution in [2.45, 2.75) is 179 Å². The van der Waals surface area contributed by atoms with E-state index in [1.165, 1.54) is 0 Å². The van der Waals surface area contributed by atoms with Crippen molar-refractivity contribution in [2.75, 3.05) is 19.8 Å². The van der Waals surface area contributed by atoms with E-state index in [1.807, 2.05) is 0 Å². The average molecular weight is 775 g/mol. The first-order chi connectivity index (χ1) is 26.8. The molecule has 0 radical (unpaired) electrons. The summed E-state index contributed by atoms with van der Waals surface area (Å²) in [4.78, 5) is 25.3. The third-order valence-corrected chi connectivity index (χ3v) is 9.11. The number of esters is 2. The van der Waals surface area contributed by atoms with E-state index in [-0.39, 0.29) is 26.1 Å². The van der Waals surface area contributed by atoms with Gasteiger partial charge in [-0.2, -0.15) is 0 Å². The van der Waals surface area contributed by atoms with Gasteiger partial charge in [0.25, 0.3) is 0 Å². The van der Waals surface area contributed by atoms with E-state index in [4.69, 9.17) is 18.9 Å².